The van der Waals surface area contributed by atoms with Crippen molar-refractivity contribution in [2.24, 2.45) is 17.6 Å². The van der Waals surface area contributed by atoms with E-state index in [0.29, 0.717) is 25.0 Å². The molecule has 0 aromatic rings. The van der Waals surface area contributed by atoms with Crippen LogP contribution < -0.4 is 5.73 Å². The van der Waals surface area contributed by atoms with Crippen molar-refractivity contribution >= 4 is 12.2 Å². The van der Waals surface area contributed by atoms with Gasteiger partial charge in [0.15, 0.2) is 6.29 Å². The first kappa shape index (κ1) is 20.0. The molecule has 0 radical (unpaired) electrons. The van der Waals surface area contributed by atoms with Crippen molar-refractivity contribution < 1.29 is 19.8 Å². The van der Waals surface area contributed by atoms with Crippen molar-refractivity contribution in [3.63, 3.8) is 0 Å². The van der Waals surface area contributed by atoms with Gasteiger partial charge in [-0.2, -0.15) is 0 Å². The van der Waals surface area contributed by atoms with Crippen LogP contribution in [0.3, 0.4) is 0 Å². The minimum atomic E-state index is -1.39. The van der Waals surface area contributed by atoms with Gasteiger partial charge in [0.2, 0.25) is 5.91 Å². The number of hydrogen-bond donors (Lipinski definition) is 3. The summed E-state index contributed by atoms with van der Waals surface area (Å²) >= 11 is 0. The van der Waals surface area contributed by atoms with Gasteiger partial charge in [0.25, 0.3) is 0 Å². The predicted octanol–water partition coefficient (Wildman–Crippen LogP) is 0.504. The van der Waals surface area contributed by atoms with Gasteiger partial charge in [0.1, 0.15) is 6.29 Å². The first-order valence-electron chi connectivity index (χ1n) is 7.64. The first-order valence-corrected chi connectivity index (χ1v) is 7.64. The lowest BCUT2D eigenvalue weighted by atomic mass is 9.90. The fraction of sp³-hybridized carbons (Fsp3) is 0.867. The Morgan fingerprint density at radius 2 is 1.86 bits per heavy atom. The van der Waals surface area contributed by atoms with Gasteiger partial charge < -0.3 is 25.6 Å². The van der Waals surface area contributed by atoms with E-state index in [1.807, 2.05) is 6.92 Å². The van der Waals surface area contributed by atoms with Gasteiger partial charge in [-0.3, -0.25) is 4.79 Å². The number of nitrogens with zero attached hydrogens (tertiary/aromatic N) is 1. The van der Waals surface area contributed by atoms with E-state index in [0.717, 1.165) is 6.42 Å². The summed E-state index contributed by atoms with van der Waals surface area (Å²) in [5, 5.41) is 17.6. The number of carbonyl (C=O) groups is 2. The number of carbonyl (C=O) groups excluding carboxylic acids is 2. The molecule has 3 atom stereocenters. The largest absolute Gasteiger partial charge is 0.368 e. The molecular formula is C15H30N2O4. The zero-order valence-electron chi connectivity index (χ0n) is 13.4. The van der Waals surface area contributed by atoms with E-state index in [2.05, 4.69) is 13.8 Å². The molecule has 0 aliphatic rings. The maximum absolute atomic E-state index is 12.3. The summed E-state index contributed by atoms with van der Waals surface area (Å²) in [6, 6.07) is -0.366. The summed E-state index contributed by atoms with van der Waals surface area (Å²) in [5.41, 5.74) is 5.88. The third kappa shape index (κ3) is 8.80. The summed E-state index contributed by atoms with van der Waals surface area (Å²) in [6.07, 6.45) is 1.26. The number of hydrogen-bond acceptors (Lipinski definition) is 5. The van der Waals surface area contributed by atoms with Crippen LogP contribution in [0.5, 0.6) is 0 Å². The molecule has 0 aliphatic carbocycles. The van der Waals surface area contributed by atoms with Crippen molar-refractivity contribution in [2.75, 3.05) is 13.1 Å². The second-order valence-electron chi connectivity index (χ2n) is 5.85. The van der Waals surface area contributed by atoms with Crippen LogP contribution in [0.15, 0.2) is 0 Å². The van der Waals surface area contributed by atoms with Gasteiger partial charge in [-0.15, -0.1) is 0 Å². The van der Waals surface area contributed by atoms with Crippen molar-refractivity contribution in [3.8, 4) is 0 Å². The van der Waals surface area contributed by atoms with E-state index in [4.69, 9.17) is 15.9 Å². The fourth-order valence-electron chi connectivity index (χ4n) is 2.11. The summed E-state index contributed by atoms with van der Waals surface area (Å²) < 4.78 is 0. The highest BCUT2D eigenvalue weighted by Crippen LogP contribution is 2.19. The fourth-order valence-corrected chi connectivity index (χ4v) is 2.11. The highest BCUT2D eigenvalue weighted by atomic mass is 16.5. The molecule has 0 saturated carbocycles. The molecule has 0 bridgehead atoms. The molecule has 0 heterocycles. The van der Waals surface area contributed by atoms with E-state index in [-0.39, 0.29) is 37.4 Å². The van der Waals surface area contributed by atoms with E-state index < -0.39 is 6.29 Å². The zero-order valence-corrected chi connectivity index (χ0v) is 13.4. The van der Waals surface area contributed by atoms with Crippen LogP contribution in [0.25, 0.3) is 0 Å². The Hall–Kier alpha value is -0.980. The van der Waals surface area contributed by atoms with Crippen LogP contribution in [0.1, 0.15) is 46.5 Å². The molecule has 6 heteroatoms. The lowest BCUT2D eigenvalue weighted by molar-refractivity contribution is -0.134. The second-order valence-corrected chi connectivity index (χ2v) is 5.85. The van der Waals surface area contributed by atoms with Gasteiger partial charge in [0, 0.05) is 19.0 Å². The van der Waals surface area contributed by atoms with Crippen LogP contribution in [0.4, 0.5) is 0 Å². The van der Waals surface area contributed by atoms with Crippen molar-refractivity contribution in [3.05, 3.63) is 0 Å². The van der Waals surface area contributed by atoms with Crippen molar-refractivity contribution in [2.45, 2.75) is 58.8 Å². The average Bonchev–Trinajstić information content (AvgIpc) is 2.43. The number of rotatable bonds is 11. The van der Waals surface area contributed by atoms with Crippen LogP contribution >= 0.6 is 0 Å². The van der Waals surface area contributed by atoms with E-state index in [9.17, 15) is 9.59 Å². The summed E-state index contributed by atoms with van der Waals surface area (Å²) in [4.78, 5) is 24.4. The SMILES string of the molecule is CC[C@@H](C)C(C)CC(=O)N(CC=O)C[C@@H](N)CCC(O)O. The van der Waals surface area contributed by atoms with Crippen LogP contribution in [-0.2, 0) is 9.59 Å². The van der Waals surface area contributed by atoms with E-state index in [1.165, 1.54) is 4.90 Å². The highest BCUT2D eigenvalue weighted by Gasteiger charge is 2.21. The van der Waals surface area contributed by atoms with Gasteiger partial charge >= 0.3 is 0 Å². The third-order valence-corrected chi connectivity index (χ3v) is 4.01. The smallest absolute Gasteiger partial charge is 0.223 e. The maximum atomic E-state index is 12.3. The van der Waals surface area contributed by atoms with Crippen LogP contribution in [-0.4, -0.2) is 52.7 Å². The molecule has 6 nitrogen and oxygen atoms in total. The highest BCUT2D eigenvalue weighted by molar-refractivity contribution is 5.78. The van der Waals surface area contributed by atoms with E-state index in [1.54, 1.807) is 0 Å². The minimum Gasteiger partial charge on any atom is -0.368 e. The molecule has 1 unspecified atom stereocenters. The van der Waals surface area contributed by atoms with Crippen molar-refractivity contribution in [1.29, 1.82) is 0 Å². The Morgan fingerprint density at radius 1 is 1.24 bits per heavy atom. The number of aliphatic hydroxyl groups excluding tert-OH is 1. The Labute approximate surface area is 127 Å². The predicted molar refractivity (Wildman–Crippen MR) is 81.3 cm³/mol. The molecule has 21 heavy (non-hydrogen) atoms. The molecule has 0 aliphatic heterocycles. The Balaban J connectivity index is 4.44. The Kier molecular flexibility index (Phi) is 10.2. The molecular weight excluding hydrogens is 272 g/mol. The number of amides is 1. The topological polar surface area (TPSA) is 104 Å². The minimum absolute atomic E-state index is 0.0292. The van der Waals surface area contributed by atoms with Gasteiger partial charge in [-0.1, -0.05) is 27.2 Å². The Morgan fingerprint density at radius 3 is 2.33 bits per heavy atom. The van der Waals surface area contributed by atoms with Gasteiger partial charge in [0.05, 0.1) is 6.54 Å². The summed E-state index contributed by atoms with van der Waals surface area (Å²) in [7, 11) is 0. The molecule has 124 valence electrons. The van der Waals surface area contributed by atoms with Gasteiger partial charge in [-0.05, 0) is 24.7 Å². The zero-order chi connectivity index (χ0) is 16.4. The van der Waals surface area contributed by atoms with Crippen molar-refractivity contribution in [1.82, 2.24) is 4.90 Å². The van der Waals surface area contributed by atoms with Crippen LogP contribution in [0, 0.1) is 11.8 Å². The maximum Gasteiger partial charge on any atom is 0.223 e. The van der Waals surface area contributed by atoms with Gasteiger partial charge in [-0.25, -0.2) is 0 Å². The molecule has 0 rings (SSSR count). The van der Waals surface area contributed by atoms with E-state index >= 15 is 0 Å². The lowest BCUT2D eigenvalue weighted by Crippen LogP contribution is -2.43. The average molecular weight is 302 g/mol. The first-order chi connectivity index (χ1) is 9.81. The molecule has 0 saturated heterocycles. The van der Waals surface area contributed by atoms with Crippen LogP contribution in [0.2, 0.25) is 0 Å². The Bertz CT molecular complexity index is 310. The molecule has 1 amide bonds. The standard InChI is InChI=1S/C15H30N2O4/c1-4-11(2)12(3)9-14(19)17(7-8-18)10-13(16)5-6-15(20)21/h8,11-13,15,20-21H,4-7,9-10,16H2,1-3H3/t11-,12?,13+/m1/s1. The monoisotopic (exact) mass is 302 g/mol. The quantitative estimate of drug-likeness (QED) is 0.381. The second kappa shape index (κ2) is 10.7. The lowest BCUT2D eigenvalue weighted by Gasteiger charge is -2.27. The number of aliphatic hydroxyl groups is 2. The molecule has 0 aromatic carbocycles. The molecule has 4 N–H and O–H groups in total. The molecule has 0 aromatic heterocycles. The third-order valence-electron chi connectivity index (χ3n) is 4.01. The molecule has 0 spiro atoms. The number of nitrogens with two attached hydrogens (primary N) is 1. The summed E-state index contributed by atoms with van der Waals surface area (Å²) in [5.74, 6) is 0.632. The number of aldehydes is 1. The summed E-state index contributed by atoms with van der Waals surface area (Å²) in [6.45, 7) is 6.52. The molecule has 0 fully saturated rings. The normalized spacial score (nSPS) is 15.6.